The number of aromatic amines is 1. The molecule has 1 aromatic heterocycles. The van der Waals surface area contributed by atoms with E-state index in [9.17, 15) is 13.2 Å². The summed E-state index contributed by atoms with van der Waals surface area (Å²) in [6.07, 6.45) is 1.35. The van der Waals surface area contributed by atoms with Crippen LogP contribution in [0.25, 0.3) is 0 Å². The molecule has 21 heavy (non-hydrogen) atoms. The van der Waals surface area contributed by atoms with Gasteiger partial charge >= 0.3 is 0 Å². The highest BCUT2D eigenvalue weighted by Gasteiger charge is 2.16. The van der Waals surface area contributed by atoms with Gasteiger partial charge in [0.2, 0.25) is 0 Å². The van der Waals surface area contributed by atoms with Crippen molar-refractivity contribution in [2.75, 3.05) is 4.72 Å². The Morgan fingerprint density at radius 1 is 1.29 bits per heavy atom. The zero-order valence-electron chi connectivity index (χ0n) is 11.6. The fourth-order valence-corrected chi connectivity index (χ4v) is 2.63. The van der Waals surface area contributed by atoms with Gasteiger partial charge in [-0.1, -0.05) is 6.07 Å². The van der Waals surface area contributed by atoms with Crippen LogP contribution < -0.4 is 10.0 Å². The molecule has 0 radical (unpaired) electrons. The molecule has 1 heterocycles. The van der Waals surface area contributed by atoms with Crippen LogP contribution in [-0.2, 0) is 10.0 Å². The van der Waals surface area contributed by atoms with Crippen molar-refractivity contribution in [1.82, 2.24) is 15.5 Å². The fraction of sp³-hybridized carbons (Fsp3) is 0.231. The molecule has 0 saturated carbocycles. The first-order valence-electron chi connectivity index (χ1n) is 6.31. The monoisotopic (exact) mass is 308 g/mol. The first-order chi connectivity index (χ1) is 9.88. The van der Waals surface area contributed by atoms with Crippen molar-refractivity contribution < 1.29 is 13.2 Å². The number of carbonyl (C=O) groups is 1. The van der Waals surface area contributed by atoms with E-state index in [4.69, 9.17) is 0 Å². The second-order valence-electron chi connectivity index (χ2n) is 4.74. The highest BCUT2D eigenvalue weighted by atomic mass is 32.2. The Morgan fingerprint density at radius 2 is 2.05 bits per heavy atom. The van der Waals surface area contributed by atoms with Crippen molar-refractivity contribution in [2.45, 2.75) is 24.9 Å². The van der Waals surface area contributed by atoms with E-state index in [1.54, 1.807) is 18.2 Å². The summed E-state index contributed by atoms with van der Waals surface area (Å²) in [6, 6.07) is 7.62. The van der Waals surface area contributed by atoms with Gasteiger partial charge in [0.05, 0.1) is 6.20 Å². The lowest BCUT2D eigenvalue weighted by Gasteiger charge is -2.10. The van der Waals surface area contributed by atoms with Gasteiger partial charge in [0, 0.05) is 17.3 Å². The van der Waals surface area contributed by atoms with Gasteiger partial charge in [-0.15, -0.1) is 0 Å². The molecule has 0 spiro atoms. The average molecular weight is 308 g/mol. The molecule has 112 valence electrons. The normalized spacial score (nSPS) is 11.4. The molecule has 0 aliphatic heterocycles. The molecule has 1 amide bonds. The summed E-state index contributed by atoms with van der Waals surface area (Å²) in [4.78, 5) is 11.9. The van der Waals surface area contributed by atoms with Gasteiger partial charge in [-0.05, 0) is 38.1 Å². The van der Waals surface area contributed by atoms with E-state index in [0.717, 1.165) is 0 Å². The Balaban J connectivity index is 2.21. The molecule has 3 N–H and O–H groups in total. The Hall–Kier alpha value is -2.35. The zero-order valence-corrected chi connectivity index (χ0v) is 12.4. The molecule has 0 fully saturated rings. The van der Waals surface area contributed by atoms with E-state index >= 15 is 0 Å². The summed E-state index contributed by atoms with van der Waals surface area (Å²) in [5.74, 6) is -0.257. The van der Waals surface area contributed by atoms with Crippen LogP contribution in [0.5, 0.6) is 0 Å². The second-order valence-corrected chi connectivity index (χ2v) is 6.39. The van der Waals surface area contributed by atoms with Crippen molar-refractivity contribution in [2.24, 2.45) is 0 Å². The van der Waals surface area contributed by atoms with Crippen molar-refractivity contribution in [3.05, 3.63) is 42.1 Å². The maximum absolute atomic E-state index is 12.0. The summed E-state index contributed by atoms with van der Waals surface area (Å²) in [7, 11) is -3.74. The number of aromatic nitrogens is 2. The minimum Gasteiger partial charge on any atom is -0.350 e. The molecule has 0 aliphatic carbocycles. The van der Waals surface area contributed by atoms with Gasteiger partial charge in [-0.3, -0.25) is 14.6 Å². The van der Waals surface area contributed by atoms with Gasteiger partial charge in [-0.25, -0.2) is 0 Å². The molecule has 8 heteroatoms. The van der Waals surface area contributed by atoms with Crippen molar-refractivity contribution >= 4 is 21.6 Å². The van der Waals surface area contributed by atoms with Crippen LogP contribution >= 0.6 is 0 Å². The van der Waals surface area contributed by atoms with Gasteiger partial charge in [0.1, 0.15) is 0 Å². The first-order valence-corrected chi connectivity index (χ1v) is 7.80. The number of nitrogens with one attached hydrogen (secondary N) is 3. The molecule has 0 atom stereocenters. The number of rotatable bonds is 5. The van der Waals surface area contributed by atoms with Crippen LogP contribution in [0.4, 0.5) is 5.69 Å². The Morgan fingerprint density at radius 3 is 2.67 bits per heavy atom. The zero-order chi connectivity index (χ0) is 15.5. The summed E-state index contributed by atoms with van der Waals surface area (Å²) in [5, 5.41) is 8.68. The quantitative estimate of drug-likeness (QED) is 0.775. The molecular formula is C13H16N4O3S. The summed E-state index contributed by atoms with van der Waals surface area (Å²) >= 11 is 0. The standard InChI is InChI=1S/C13H16N4O3S/c1-9(2)15-13(18)10-4-3-5-11(8-10)17-21(19,20)12-6-7-14-16-12/h3-9,17H,1-2H3,(H,14,16)(H,15,18). The highest BCUT2D eigenvalue weighted by molar-refractivity contribution is 7.92. The third kappa shape index (κ3) is 3.82. The number of anilines is 1. The largest absolute Gasteiger partial charge is 0.350 e. The smallest absolute Gasteiger partial charge is 0.278 e. The van der Waals surface area contributed by atoms with Gasteiger partial charge in [0.15, 0.2) is 5.03 Å². The van der Waals surface area contributed by atoms with Gasteiger partial charge in [-0.2, -0.15) is 13.5 Å². The number of hydrogen-bond acceptors (Lipinski definition) is 4. The van der Waals surface area contributed by atoms with Crippen LogP contribution in [0.2, 0.25) is 0 Å². The lowest BCUT2D eigenvalue weighted by molar-refractivity contribution is 0.0943. The average Bonchev–Trinajstić information content (AvgIpc) is 2.92. The van der Waals surface area contributed by atoms with Crippen LogP contribution in [0, 0.1) is 0 Å². The lowest BCUT2D eigenvalue weighted by Crippen LogP contribution is -2.30. The van der Waals surface area contributed by atoms with Gasteiger partial charge in [0.25, 0.3) is 15.9 Å². The fourth-order valence-electron chi connectivity index (χ4n) is 1.67. The molecule has 0 bridgehead atoms. The Kier molecular flexibility index (Phi) is 4.27. The number of benzene rings is 1. The first kappa shape index (κ1) is 15.0. The highest BCUT2D eigenvalue weighted by Crippen LogP contribution is 2.15. The number of sulfonamides is 1. The van der Waals surface area contributed by atoms with Crippen LogP contribution in [-0.4, -0.2) is 30.6 Å². The van der Waals surface area contributed by atoms with Crippen LogP contribution in [0.3, 0.4) is 0 Å². The number of H-pyrrole nitrogens is 1. The number of carbonyl (C=O) groups excluding carboxylic acids is 1. The van der Waals surface area contributed by atoms with Crippen LogP contribution in [0.15, 0.2) is 41.6 Å². The third-order valence-electron chi connectivity index (χ3n) is 2.56. The van der Waals surface area contributed by atoms with E-state index in [-0.39, 0.29) is 17.0 Å². The number of amides is 1. The molecule has 1 aromatic carbocycles. The predicted octanol–water partition coefficient (Wildman–Crippen LogP) is 1.35. The van der Waals surface area contributed by atoms with E-state index in [0.29, 0.717) is 11.3 Å². The summed E-state index contributed by atoms with van der Waals surface area (Å²) in [5.41, 5.74) is 0.689. The van der Waals surface area contributed by atoms with E-state index < -0.39 is 10.0 Å². The topological polar surface area (TPSA) is 104 Å². The van der Waals surface area contributed by atoms with Crippen molar-refractivity contribution in [1.29, 1.82) is 0 Å². The Bertz CT molecular complexity index is 724. The maximum atomic E-state index is 12.0. The van der Waals surface area contributed by atoms with Crippen molar-refractivity contribution in [3.8, 4) is 0 Å². The molecule has 0 unspecified atom stereocenters. The lowest BCUT2D eigenvalue weighted by atomic mass is 10.2. The maximum Gasteiger partial charge on any atom is 0.278 e. The molecule has 2 aromatic rings. The van der Waals surface area contributed by atoms with Crippen molar-refractivity contribution in [3.63, 3.8) is 0 Å². The van der Waals surface area contributed by atoms with E-state index in [1.807, 2.05) is 13.8 Å². The van der Waals surface area contributed by atoms with Gasteiger partial charge < -0.3 is 5.32 Å². The Labute approximate surface area is 122 Å². The number of nitrogens with zero attached hydrogens (tertiary/aromatic N) is 1. The minimum absolute atomic E-state index is 0.00263. The minimum atomic E-state index is -3.74. The third-order valence-corrected chi connectivity index (χ3v) is 3.87. The summed E-state index contributed by atoms with van der Waals surface area (Å²) in [6.45, 7) is 3.70. The van der Waals surface area contributed by atoms with E-state index in [1.165, 1.54) is 18.3 Å². The molecule has 0 saturated heterocycles. The second kappa shape index (κ2) is 5.96. The SMILES string of the molecule is CC(C)NC(=O)c1cccc(NS(=O)(=O)c2ccn[nH]2)c1. The van der Waals surface area contributed by atoms with E-state index in [2.05, 4.69) is 20.2 Å². The predicted molar refractivity (Wildman–Crippen MR) is 78.4 cm³/mol. The molecule has 2 rings (SSSR count). The molecular weight excluding hydrogens is 292 g/mol. The van der Waals surface area contributed by atoms with Crippen LogP contribution in [0.1, 0.15) is 24.2 Å². The molecule has 7 nitrogen and oxygen atoms in total. The molecule has 0 aliphatic rings. The summed E-state index contributed by atoms with van der Waals surface area (Å²) < 4.78 is 26.5. The number of hydrogen-bond donors (Lipinski definition) is 3.